The zero-order chi connectivity index (χ0) is 16.1. The molecule has 1 amide bonds. The summed E-state index contributed by atoms with van der Waals surface area (Å²) in [7, 11) is 0. The minimum absolute atomic E-state index is 0.142. The van der Waals surface area contributed by atoms with Crippen molar-refractivity contribution in [1.82, 2.24) is 10.3 Å². The molecule has 0 saturated heterocycles. The fourth-order valence-electron chi connectivity index (χ4n) is 1.95. The van der Waals surface area contributed by atoms with E-state index in [9.17, 15) is 4.79 Å². The predicted octanol–water partition coefficient (Wildman–Crippen LogP) is 4.64. The Balaban J connectivity index is 1.97. The smallest absolute Gasteiger partial charge is 0.244 e. The minimum atomic E-state index is -0.142. The lowest BCUT2D eigenvalue weighted by Crippen LogP contribution is -2.20. The van der Waals surface area contributed by atoms with E-state index in [2.05, 4.69) is 24.1 Å². The fraction of sp³-hybridized carbons (Fsp3) is 0.294. The van der Waals surface area contributed by atoms with E-state index in [-0.39, 0.29) is 5.91 Å². The number of halogens is 1. The monoisotopic (exact) mass is 334 g/mol. The van der Waals surface area contributed by atoms with E-state index < -0.39 is 0 Å². The van der Waals surface area contributed by atoms with Crippen molar-refractivity contribution in [3.8, 4) is 0 Å². The van der Waals surface area contributed by atoms with Gasteiger partial charge in [-0.1, -0.05) is 43.6 Å². The van der Waals surface area contributed by atoms with Crippen LogP contribution in [0.25, 0.3) is 5.57 Å². The Morgan fingerprint density at radius 2 is 2.14 bits per heavy atom. The van der Waals surface area contributed by atoms with Gasteiger partial charge in [0.1, 0.15) is 0 Å². The quantitative estimate of drug-likeness (QED) is 0.809. The minimum Gasteiger partial charge on any atom is -0.347 e. The molecule has 0 radical (unpaired) electrons. The molecule has 0 saturated carbocycles. The summed E-state index contributed by atoms with van der Waals surface area (Å²) in [5.41, 5.74) is 2.60. The number of allylic oxidation sites excluding steroid dienone is 1. The summed E-state index contributed by atoms with van der Waals surface area (Å²) in [4.78, 5) is 16.5. The largest absolute Gasteiger partial charge is 0.347 e. The molecule has 0 aliphatic carbocycles. The summed E-state index contributed by atoms with van der Waals surface area (Å²) >= 11 is 7.75. The van der Waals surface area contributed by atoms with Crippen molar-refractivity contribution < 1.29 is 4.79 Å². The third-order valence-corrected chi connectivity index (χ3v) is 4.68. The molecular weight excluding hydrogens is 316 g/mol. The summed E-state index contributed by atoms with van der Waals surface area (Å²) in [6.45, 7) is 6.53. The first-order valence-electron chi connectivity index (χ1n) is 7.12. The number of hydrogen-bond donors (Lipinski definition) is 1. The van der Waals surface area contributed by atoms with Gasteiger partial charge in [0.2, 0.25) is 5.91 Å². The van der Waals surface area contributed by atoms with Gasteiger partial charge < -0.3 is 5.32 Å². The zero-order valence-electron chi connectivity index (χ0n) is 12.9. The maximum absolute atomic E-state index is 12.0. The fourth-order valence-corrected chi connectivity index (χ4v) is 3.07. The Hall–Kier alpha value is -1.65. The van der Waals surface area contributed by atoms with Crippen molar-refractivity contribution in [2.75, 3.05) is 0 Å². The van der Waals surface area contributed by atoms with Crippen LogP contribution in [0.1, 0.15) is 43.0 Å². The number of nitrogens with one attached hydrogen (secondary N) is 1. The van der Waals surface area contributed by atoms with Crippen molar-refractivity contribution in [1.29, 1.82) is 0 Å². The zero-order valence-corrected chi connectivity index (χ0v) is 14.5. The highest BCUT2D eigenvalue weighted by Gasteiger charge is 2.07. The molecule has 0 aliphatic rings. The third-order valence-electron chi connectivity index (χ3n) is 3.15. The molecule has 0 aliphatic heterocycles. The van der Waals surface area contributed by atoms with Crippen LogP contribution in [0.15, 0.2) is 35.7 Å². The van der Waals surface area contributed by atoms with E-state index >= 15 is 0 Å². The van der Waals surface area contributed by atoms with E-state index in [1.807, 2.05) is 36.6 Å². The molecule has 116 valence electrons. The highest BCUT2D eigenvalue weighted by Crippen LogP contribution is 2.23. The van der Waals surface area contributed by atoms with Gasteiger partial charge in [-0.3, -0.25) is 4.79 Å². The van der Waals surface area contributed by atoms with Gasteiger partial charge >= 0.3 is 0 Å². The normalized spacial score (nSPS) is 11.8. The third kappa shape index (κ3) is 4.42. The van der Waals surface area contributed by atoms with Crippen LogP contribution in [0.5, 0.6) is 0 Å². The van der Waals surface area contributed by atoms with Crippen LogP contribution >= 0.6 is 22.9 Å². The van der Waals surface area contributed by atoms with Crippen molar-refractivity contribution in [2.45, 2.75) is 33.2 Å². The van der Waals surface area contributed by atoms with Gasteiger partial charge in [-0.25, -0.2) is 4.98 Å². The standard InChI is InChI=1S/C17H19ClN2OS/c1-11(2)17-20-13(10-22-17)9-19-16(21)8-12(3)14-6-4-5-7-15(14)18/h4-8,10-11H,9H2,1-3H3,(H,19,21)/b12-8-. The van der Waals surface area contributed by atoms with E-state index in [0.29, 0.717) is 17.5 Å². The Morgan fingerprint density at radius 1 is 1.41 bits per heavy atom. The highest BCUT2D eigenvalue weighted by molar-refractivity contribution is 7.09. The lowest BCUT2D eigenvalue weighted by molar-refractivity contribution is -0.116. The molecule has 1 N–H and O–H groups in total. The average molecular weight is 335 g/mol. The lowest BCUT2D eigenvalue weighted by Gasteiger charge is -2.05. The van der Waals surface area contributed by atoms with Gasteiger partial charge in [0, 0.05) is 22.4 Å². The average Bonchev–Trinajstić information content (AvgIpc) is 2.94. The maximum Gasteiger partial charge on any atom is 0.244 e. The van der Waals surface area contributed by atoms with Crippen molar-refractivity contribution in [3.63, 3.8) is 0 Å². The first kappa shape index (κ1) is 16.7. The van der Waals surface area contributed by atoms with Gasteiger partial charge in [-0.05, 0) is 24.1 Å². The van der Waals surface area contributed by atoms with E-state index in [4.69, 9.17) is 11.6 Å². The van der Waals surface area contributed by atoms with E-state index in [0.717, 1.165) is 21.8 Å². The Labute approximate surface area is 140 Å². The van der Waals surface area contributed by atoms with Crippen LogP contribution in [0, 0.1) is 0 Å². The first-order valence-corrected chi connectivity index (χ1v) is 8.38. The first-order chi connectivity index (χ1) is 10.5. The van der Waals surface area contributed by atoms with Gasteiger partial charge in [-0.2, -0.15) is 0 Å². The topological polar surface area (TPSA) is 42.0 Å². The van der Waals surface area contributed by atoms with E-state index in [1.54, 1.807) is 17.4 Å². The molecule has 2 rings (SSSR count). The van der Waals surface area contributed by atoms with Crippen LogP contribution in [-0.4, -0.2) is 10.9 Å². The number of nitrogens with zero attached hydrogens (tertiary/aromatic N) is 1. The van der Waals surface area contributed by atoms with Crippen LogP contribution in [0.2, 0.25) is 5.02 Å². The molecule has 5 heteroatoms. The molecule has 0 fully saturated rings. The Morgan fingerprint density at radius 3 is 2.77 bits per heavy atom. The molecule has 0 unspecified atom stereocenters. The number of benzene rings is 1. The summed E-state index contributed by atoms with van der Waals surface area (Å²) in [5.74, 6) is 0.272. The molecule has 1 heterocycles. The predicted molar refractivity (Wildman–Crippen MR) is 93.2 cm³/mol. The number of aromatic nitrogens is 1. The molecule has 0 spiro atoms. The number of amides is 1. The van der Waals surface area contributed by atoms with Crippen LogP contribution < -0.4 is 5.32 Å². The molecule has 1 aromatic heterocycles. The number of thiazole rings is 1. The van der Waals surface area contributed by atoms with Crippen molar-refractivity contribution in [2.24, 2.45) is 0 Å². The molecule has 1 aromatic carbocycles. The Bertz CT molecular complexity index is 691. The van der Waals surface area contributed by atoms with Crippen molar-refractivity contribution in [3.05, 3.63) is 57.0 Å². The molecule has 2 aromatic rings. The number of carbonyl (C=O) groups is 1. The van der Waals surface area contributed by atoms with Gasteiger partial charge in [-0.15, -0.1) is 11.3 Å². The van der Waals surface area contributed by atoms with Crippen LogP contribution in [-0.2, 0) is 11.3 Å². The second-order valence-corrected chi connectivity index (χ2v) is 6.65. The Kier molecular flexibility index (Phi) is 5.75. The van der Waals surface area contributed by atoms with Gasteiger partial charge in [0.05, 0.1) is 17.2 Å². The molecule has 22 heavy (non-hydrogen) atoms. The second-order valence-electron chi connectivity index (χ2n) is 5.36. The molecule has 0 bridgehead atoms. The molecule has 0 atom stereocenters. The summed E-state index contributed by atoms with van der Waals surface area (Å²) in [5, 5.41) is 6.58. The number of hydrogen-bond acceptors (Lipinski definition) is 3. The van der Waals surface area contributed by atoms with E-state index in [1.165, 1.54) is 0 Å². The van der Waals surface area contributed by atoms with Crippen LogP contribution in [0.3, 0.4) is 0 Å². The summed E-state index contributed by atoms with van der Waals surface area (Å²) in [6.07, 6.45) is 1.57. The van der Waals surface area contributed by atoms with Crippen LogP contribution in [0.4, 0.5) is 0 Å². The maximum atomic E-state index is 12.0. The number of carbonyl (C=O) groups excluding carboxylic acids is 1. The lowest BCUT2D eigenvalue weighted by atomic mass is 10.1. The highest BCUT2D eigenvalue weighted by atomic mass is 35.5. The number of rotatable bonds is 5. The molecular formula is C17H19ClN2OS. The van der Waals surface area contributed by atoms with Gasteiger partial charge in [0.25, 0.3) is 0 Å². The van der Waals surface area contributed by atoms with Crippen molar-refractivity contribution >= 4 is 34.4 Å². The summed E-state index contributed by atoms with van der Waals surface area (Å²) < 4.78 is 0. The summed E-state index contributed by atoms with van der Waals surface area (Å²) in [6, 6.07) is 7.48. The van der Waals surface area contributed by atoms with Gasteiger partial charge in [0.15, 0.2) is 0 Å². The SMILES string of the molecule is C/C(=C/C(=O)NCc1csc(C(C)C)n1)c1ccccc1Cl. The molecule has 3 nitrogen and oxygen atoms in total. The second kappa shape index (κ2) is 7.56.